The summed E-state index contributed by atoms with van der Waals surface area (Å²) < 4.78 is 24.1. The van der Waals surface area contributed by atoms with Gasteiger partial charge in [0.2, 0.25) is 5.91 Å². The summed E-state index contributed by atoms with van der Waals surface area (Å²) in [5, 5.41) is 0. The first kappa shape index (κ1) is 20.6. The van der Waals surface area contributed by atoms with Crippen LogP contribution < -0.4 is 15.2 Å². The molecule has 1 unspecified atom stereocenters. The van der Waals surface area contributed by atoms with Gasteiger partial charge in [0.1, 0.15) is 17.3 Å². The number of amides is 2. The molecule has 3 rings (SSSR count). The van der Waals surface area contributed by atoms with E-state index < -0.39 is 11.3 Å². The number of hydrogen-bond donors (Lipinski definition) is 1. The number of methoxy groups -OCH3 is 1. The van der Waals surface area contributed by atoms with Crippen molar-refractivity contribution in [3.8, 4) is 11.5 Å². The number of rotatable bonds is 7. The molecule has 2 N–H and O–H groups in total. The zero-order chi connectivity index (χ0) is 20.9. The highest BCUT2D eigenvalue weighted by atomic mass is 19.1. The molecule has 0 spiro atoms. The van der Waals surface area contributed by atoms with Gasteiger partial charge in [-0.15, -0.1) is 0 Å². The summed E-state index contributed by atoms with van der Waals surface area (Å²) in [5.41, 5.74) is 5.47. The Kier molecular flexibility index (Phi) is 6.36. The normalized spacial score (nSPS) is 18.9. The maximum absolute atomic E-state index is 13.1. The zero-order valence-electron chi connectivity index (χ0n) is 16.4. The number of likely N-dealkylation sites (tertiary alicyclic amines) is 1. The molecule has 0 radical (unpaired) electrons. The summed E-state index contributed by atoms with van der Waals surface area (Å²) in [6.07, 6.45) is 1.56. The average molecular weight is 400 g/mol. The summed E-state index contributed by atoms with van der Waals surface area (Å²) in [5.74, 6) is 0.289. The van der Waals surface area contributed by atoms with Gasteiger partial charge >= 0.3 is 0 Å². The Morgan fingerprint density at radius 1 is 1.10 bits per heavy atom. The van der Waals surface area contributed by atoms with Crippen LogP contribution >= 0.6 is 0 Å². The molecular formula is C22H25FN2O4. The van der Waals surface area contributed by atoms with Crippen LogP contribution in [0.3, 0.4) is 0 Å². The fourth-order valence-electron chi connectivity index (χ4n) is 3.75. The minimum atomic E-state index is -0.583. The minimum Gasteiger partial charge on any atom is -0.497 e. The molecular weight excluding hydrogens is 375 g/mol. The second kappa shape index (κ2) is 8.94. The van der Waals surface area contributed by atoms with E-state index in [1.54, 1.807) is 36.3 Å². The molecule has 7 heteroatoms. The van der Waals surface area contributed by atoms with E-state index in [9.17, 15) is 14.0 Å². The lowest BCUT2D eigenvalue weighted by atomic mass is 9.77. The predicted molar refractivity (Wildman–Crippen MR) is 106 cm³/mol. The lowest BCUT2D eigenvalue weighted by molar-refractivity contribution is -0.122. The van der Waals surface area contributed by atoms with Crippen LogP contribution in [0, 0.1) is 11.2 Å². The van der Waals surface area contributed by atoms with Gasteiger partial charge < -0.3 is 20.1 Å². The largest absolute Gasteiger partial charge is 0.497 e. The Morgan fingerprint density at radius 2 is 1.76 bits per heavy atom. The topological polar surface area (TPSA) is 81.9 Å². The lowest BCUT2D eigenvalue weighted by Gasteiger charge is -2.42. The summed E-state index contributed by atoms with van der Waals surface area (Å²) in [6.45, 7) is 1.18. The van der Waals surface area contributed by atoms with Crippen molar-refractivity contribution in [2.24, 2.45) is 11.1 Å². The number of nitrogens with two attached hydrogens (primary N) is 1. The van der Waals surface area contributed by atoms with Gasteiger partial charge in [0.05, 0.1) is 13.7 Å². The zero-order valence-corrected chi connectivity index (χ0v) is 16.4. The Bertz CT molecular complexity index is 854. The standard InChI is InChI=1S/C22H25FN2O4/c1-28-18-7-3-16(4-8-18)21(27)25-12-2-11-22(14-25,13-20(24)26)15-29-19-9-5-17(23)6-10-19/h3-10H,2,11-15H2,1H3,(H2,24,26). The first-order chi connectivity index (χ1) is 13.9. The van der Waals surface area contributed by atoms with Crippen molar-refractivity contribution >= 4 is 11.8 Å². The quantitative estimate of drug-likeness (QED) is 0.775. The highest BCUT2D eigenvalue weighted by Gasteiger charge is 2.39. The van der Waals surface area contributed by atoms with Crippen molar-refractivity contribution < 1.29 is 23.5 Å². The lowest BCUT2D eigenvalue weighted by Crippen LogP contribution is -2.50. The van der Waals surface area contributed by atoms with Crippen LogP contribution in [0.4, 0.5) is 4.39 Å². The Hall–Kier alpha value is -3.09. The van der Waals surface area contributed by atoms with Crippen molar-refractivity contribution in [1.82, 2.24) is 4.90 Å². The van der Waals surface area contributed by atoms with E-state index >= 15 is 0 Å². The van der Waals surface area contributed by atoms with E-state index in [1.807, 2.05) is 0 Å². The number of ether oxygens (including phenoxy) is 2. The second-order valence-corrected chi connectivity index (χ2v) is 7.44. The van der Waals surface area contributed by atoms with Gasteiger partial charge in [-0.3, -0.25) is 9.59 Å². The highest BCUT2D eigenvalue weighted by molar-refractivity contribution is 5.94. The number of carbonyl (C=O) groups excluding carboxylic acids is 2. The molecule has 0 aromatic heterocycles. The summed E-state index contributed by atoms with van der Waals surface area (Å²) in [7, 11) is 1.57. The van der Waals surface area contributed by atoms with Crippen LogP contribution in [0.1, 0.15) is 29.6 Å². The van der Waals surface area contributed by atoms with Crippen LogP contribution in [0.5, 0.6) is 11.5 Å². The monoisotopic (exact) mass is 400 g/mol. The van der Waals surface area contributed by atoms with Crippen molar-refractivity contribution in [2.75, 3.05) is 26.8 Å². The predicted octanol–water partition coefficient (Wildman–Crippen LogP) is 3.01. The smallest absolute Gasteiger partial charge is 0.253 e. The third-order valence-electron chi connectivity index (χ3n) is 5.19. The summed E-state index contributed by atoms with van der Waals surface area (Å²) in [4.78, 5) is 26.5. The van der Waals surface area contributed by atoms with E-state index in [-0.39, 0.29) is 24.8 Å². The molecule has 1 aliphatic heterocycles. The van der Waals surface area contributed by atoms with E-state index in [0.29, 0.717) is 36.6 Å². The van der Waals surface area contributed by atoms with Crippen LogP contribution in [0.15, 0.2) is 48.5 Å². The first-order valence-electron chi connectivity index (χ1n) is 9.51. The molecule has 2 aromatic carbocycles. The molecule has 154 valence electrons. The SMILES string of the molecule is COc1ccc(C(=O)N2CCCC(COc3ccc(F)cc3)(CC(N)=O)C2)cc1. The van der Waals surface area contributed by atoms with E-state index in [0.717, 1.165) is 6.42 Å². The van der Waals surface area contributed by atoms with Gasteiger partial charge in [-0.25, -0.2) is 4.39 Å². The first-order valence-corrected chi connectivity index (χ1v) is 9.51. The molecule has 0 saturated carbocycles. The Balaban J connectivity index is 1.74. The highest BCUT2D eigenvalue weighted by Crippen LogP contribution is 2.35. The molecule has 2 aromatic rings. The molecule has 2 amide bonds. The minimum absolute atomic E-state index is 0.108. The van der Waals surface area contributed by atoms with Crippen LogP contribution in [-0.4, -0.2) is 43.5 Å². The van der Waals surface area contributed by atoms with Gasteiger partial charge in [0.25, 0.3) is 5.91 Å². The average Bonchev–Trinajstić information content (AvgIpc) is 2.72. The fraction of sp³-hybridized carbons (Fsp3) is 0.364. The van der Waals surface area contributed by atoms with Crippen molar-refractivity contribution in [3.05, 3.63) is 59.9 Å². The van der Waals surface area contributed by atoms with Crippen LogP contribution in [0.25, 0.3) is 0 Å². The number of halogens is 1. The van der Waals surface area contributed by atoms with Crippen molar-refractivity contribution in [2.45, 2.75) is 19.3 Å². The van der Waals surface area contributed by atoms with Gasteiger partial charge in [0, 0.05) is 30.5 Å². The van der Waals surface area contributed by atoms with Crippen LogP contribution in [0.2, 0.25) is 0 Å². The molecule has 1 atom stereocenters. The van der Waals surface area contributed by atoms with E-state index in [1.165, 1.54) is 24.3 Å². The molecule has 0 bridgehead atoms. The van der Waals surface area contributed by atoms with Gasteiger partial charge in [-0.1, -0.05) is 0 Å². The third kappa shape index (κ3) is 5.25. The number of hydrogen-bond acceptors (Lipinski definition) is 4. The molecule has 1 heterocycles. The van der Waals surface area contributed by atoms with Gasteiger partial charge in [-0.2, -0.15) is 0 Å². The molecule has 29 heavy (non-hydrogen) atoms. The van der Waals surface area contributed by atoms with E-state index in [4.69, 9.17) is 15.2 Å². The Morgan fingerprint density at radius 3 is 2.38 bits per heavy atom. The molecule has 1 saturated heterocycles. The molecule has 0 aliphatic carbocycles. The second-order valence-electron chi connectivity index (χ2n) is 7.44. The van der Waals surface area contributed by atoms with Gasteiger partial charge in [0.15, 0.2) is 0 Å². The maximum atomic E-state index is 13.1. The number of carbonyl (C=O) groups is 2. The van der Waals surface area contributed by atoms with Crippen molar-refractivity contribution in [1.29, 1.82) is 0 Å². The third-order valence-corrected chi connectivity index (χ3v) is 5.19. The number of nitrogens with zero attached hydrogens (tertiary/aromatic N) is 1. The van der Waals surface area contributed by atoms with Crippen LogP contribution in [-0.2, 0) is 4.79 Å². The van der Waals surface area contributed by atoms with E-state index in [2.05, 4.69) is 0 Å². The number of primary amides is 1. The number of benzene rings is 2. The molecule has 1 aliphatic rings. The fourth-order valence-corrected chi connectivity index (χ4v) is 3.75. The number of piperidine rings is 1. The maximum Gasteiger partial charge on any atom is 0.253 e. The summed E-state index contributed by atoms with van der Waals surface area (Å²) in [6, 6.07) is 12.6. The Labute approximate surface area is 169 Å². The van der Waals surface area contributed by atoms with Gasteiger partial charge in [-0.05, 0) is 61.4 Å². The van der Waals surface area contributed by atoms with Crippen molar-refractivity contribution in [3.63, 3.8) is 0 Å². The summed E-state index contributed by atoms with van der Waals surface area (Å²) >= 11 is 0. The molecule has 6 nitrogen and oxygen atoms in total. The molecule has 1 fully saturated rings.